The lowest BCUT2D eigenvalue weighted by atomic mass is 10.1. The van der Waals surface area contributed by atoms with Crippen LogP contribution in [0.25, 0.3) is 0 Å². The highest BCUT2D eigenvalue weighted by Crippen LogP contribution is 2.38. The monoisotopic (exact) mass is 340 g/mol. The summed E-state index contributed by atoms with van der Waals surface area (Å²) in [7, 11) is -1.99. The first-order valence-corrected chi connectivity index (χ1v) is 11.0. The Morgan fingerprint density at radius 3 is 2.22 bits per heavy atom. The number of ether oxygens (including phenoxy) is 1. The Kier molecular flexibility index (Phi) is 8.70. The zero-order chi connectivity index (χ0) is 18.3. The normalized spacial score (nSPS) is 15.3. The Hall–Kier alpha value is -1.20. The van der Waals surface area contributed by atoms with Gasteiger partial charge in [-0.15, -0.1) is 0 Å². The molecule has 0 aliphatic rings. The van der Waals surface area contributed by atoms with Gasteiger partial charge in [-0.25, -0.2) is 4.79 Å². The molecule has 0 amide bonds. The molecule has 0 aliphatic carbocycles. The Labute approximate surface area is 142 Å². The Morgan fingerprint density at radius 2 is 1.78 bits per heavy atom. The molecular formula is C18H32O4Si. The number of hydrogen-bond donors (Lipinski definition) is 0. The largest absolute Gasteiger partial charge is 0.463 e. The fourth-order valence-corrected chi connectivity index (χ4v) is 3.01. The van der Waals surface area contributed by atoms with Crippen LogP contribution < -0.4 is 0 Å². The second-order valence-electron chi connectivity index (χ2n) is 7.31. The van der Waals surface area contributed by atoms with Crippen LogP contribution in [0.3, 0.4) is 0 Å². The topological polar surface area (TPSA) is 52.6 Å². The van der Waals surface area contributed by atoms with E-state index in [1.165, 1.54) is 6.08 Å². The smallest absolute Gasteiger partial charge is 0.330 e. The van der Waals surface area contributed by atoms with E-state index in [-0.39, 0.29) is 17.1 Å². The highest BCUT2D eigenvalue weighted by molar-refractivity contribution is 6.74. The van der Waals surface area contributed by atoms with E-state index in [4.69, 9.17) is 9.16 Å². The van der Waals surface area contributed by atoms with E-state index in [2.05, 4.69) is 33.9 Å². The predicted octanol–water partition coefficient (Wildman–Crippen LogP) is 4.42. The van der Waals surface area contributed by atoms with Gasteiger partial charge in [0.05, 0.1) is 12.7 Å². The minimum Gasteiger partial charge on any atom is -0.463 e. The second kappa shape index (κ2) is 9.18. The number of carbonyl (C=O) groups is 2. The molecule has 0 heterocycles. The second-order valence-corrected chi connectivity index (χ2v) is 12.1. The zero-order valence-electron chi connectivity index (χ0n) is 15.9. The lowest BCUT2D eigenvalue weighted by Crippen LogP contribution is -2.44. The van der Waals surface area contributed by atoms with Crippen LogP contribution in [0.5, 0.6) is 0 Å². The summed E-state index contributed by atoms with van der Waals surface area (Å²) in [5.41, 5.74) is 1.49. The van der Waals surface area contributed by atoms with Crippen LogP contribution in [0, 0.1) is 0 Å². The van der Waals surface area contributed by atoms with Crippen LogP contribution in [-0.4, -0.2) is 33.3 Å². The van der Waals surface area contributed by atoms with Crippen LogP contribution >= 0.6 is 0 Å². The van der Waals surface area contributed by atoms with Gasteiger partial charge >= 0.3 is 5.97 Å². The van der Waals surface area contributed by atoms with Crippen LogP contribution in [0.4, 0.5) is 0 Å². The molecule has 5 heteroatoms. The van der Waals surface area contributed by atoms with E-state index in [0.717, 1.165) is 11.9 Å². The SMILES string of the molecule is CCOC(=O)/C=C(\C)[C@H](C/C=C(\C)C=O)O[Si](C)(C)C(C)(C)C. The Balaban J connectivity index is 5.39. The molecule has 0 saturated carbocycles. The van der Waals surface area contributed by atoms with Gasteiger partial charge in [0.25, 0.3) is 0 Å². The van der Waals surface area contributed by atoms with Gasteiger partial charge in [0, 0.05) is 6.08 Å². The van der Waals surface area contributed by atoms with E-state index in [9.17, 15) is 9.59 Å². The molecule has 0 unspecified atom stereocenters. The third-order valence-electron chi connectivity index (χ3n) is 4.22. The number of esters is 1. The van der Waals surface area contributed by atoms with E-state index in [0.29, 0.717) is 18.6 Å². The van der Waals surface area contributed by atoms with Crippen LogP contribution in [0.1, 0.15) is 48.0 Å². The van der Waals surface area contributed by atoms with Crippen LogP contribution in [0.15, 0.2) is 23.3 Å². The molecular weight excluding hydrogens is 308 g/mol. The van der Waals surface area contributed by atoms with Gasteiger partial charge in [-0.3, -0.25) is 4.79 Å². The summed E-state index contributed by atoms with van der Waals surface area (Å²) >= 11 is 0. The number of rotatable bonds is 8. The Bertz CT molecular complexity index is 470. The van der Waals surface area contributed by atoms with Crippen molar-refractivity contribution in [2.24, 2.45) is 0 Å². The molecule has 0 aliphatic heterocycles. The highest BCUT2D eigenvalue weighted by Gasteiger charge is 2.39. The molecule has 0 radical (unpaired) electrons. The number of allylic oxidation sites excluding steroid dienone is 1. The molecule has 1 atom stereocenters. The van der Waals surface area contributed by atoms with Gasteiger partial charge < -0.3 is 9.16 Å². The van der Waals surface area contributed by atoms with Gasteiger partial charge in [-0.2, -0.15) is 0 Å². The molecule has 0 saturated heterocycles. The Morgan fingerprint density at radius 1 is 1.22 bits per heavy atom. The van der Waals surface area contributed by atoms with E-state index >= 15 is 0 Å². The quantitative estimate of drug-likeness (QED) is 0.284. The molecule has 0 aromatic heterocycles. The van der Waals surface area contributed by atoms with Gasteiger partial charge in [0.2, 0.25) is 0 Å². The molecule has 132 valence electrons. The minimum absolute atomic E-state index is 0.0683. The summed E-state index contributed by atoms with van der Waals surface area (Å²) in [5.74, 6) is -0.357. The lowest BCUT2D eigenvalue weighted by Gasteiger charge is -2.39. The maximum atomic E-state index is 11.7. The first-order chi connectivity index (χ1) is 10.4. The van der Waals surface area contributed by atoms with Crippen molar-refractivity contribution in [2.45, 2.75) is 72.2 Å². The number of carbonyl (C=O) groups excluding carboxylic acids is 2. The van der Waals surface area contributed by atoms with Gasteiger partial charge in [-0.05, 0) is 56.5 Å². The van der Waals surface area contributed by atoms with Crippen molar-refractivity contribution in [3.63, 3.8) is 0 Å². The molecule has 4 nitrogen and oxygen atoms in total. The third-order valence-corrected chi connectivity index (χ3v) is 8.71. The van der Waals surface area contributed by atoms with Crippen molar-refractivity contribution in [2.75, 3.05) is 6.61 Å². The summed E-state index contributed by atoms with van der Waals surface area (Å²) in [6.45, 7) is 16.6. The fraction of sp³-hybridized carbons (Fsp3) is 0.667. The summed E-state index contributed by atoms with van der Waals surface area (Å²) in [6, 6.07) is 0. The summed E-state index contributed by atoms with van der Waals surface area (Å²) in [5, 5.41) is 0.0683. The maximum absolute atomic E-state index is 11.7. The molecule has 0 aromatic rings. The van der Waals surface area contributed by atoms with E-state index < -0.39 is 8.32 Å². The zero-order valence-corrected chi connectivity index (χ0v) is 16.9. The molecule has 0 rings (SSSR count). The third kappa shape index (κ3) is 7.75. The van der Waals surface area contributed by atoms with Crippen LogP contribution in [-0.2, 0) is 18.8 Å². The van der Waals surface area contributed by atoms with Gasteiger partial charge in [0.15, 0.2) is 8.32 Å². The van der Waals surface area contributed by atoms with Crippen molar-refractivity contribution < 1.29 is 18.8 Å². The average molecular weight is 341 g/mol. The fourth-order valence-electron chi connectivity index (χ4n) is 1.66. The summed E-state index contributed by atoms with van der Waals surface area (Å²) in [6.07, 6.45) is 4.51. The first kappa shape index (κ1) is 21.8. The molecule has 0 fully saturated rings. The summed E-state index contributed by atoms with van der Waals surface area (Å²) in [4.78, 5) is 22.5. The van der Waals surface area contributed by atoms with Crippen molar-refractivity contribution >= 4 is 20.6 Å². The maximum Gasteiger partial charge on any atom is 0.330 e. The lowest BCUT2D eigenvalue weighted by molar-refractivity contribution is -0.137. The van der Waals surface area contributed by atoms with E-state index in [1.54, 1.807) is 13.8 Å². The molecule has 0 N–H and O–H groups in total. The first-order valence-electron chi connectivity index (χ1n) is 8.09. The molecule has 23 heavy (non-hydrogen) atoms. The number of aldehydes is 1. The molecule has 0 aromatic carbocycles. The van der Waals surface area contributed by atoms with E-state index in [1.807, 2.05) is 13.0 Å². The van der Waals surface area contributed by atoms with Crippen molar-refractivity contribution in [3.05, 3.63) is 23.3 Å². The standard InChI is InChI=1S/C18H32O4Si/c1-9-21-17(20)12-15(3)16(11-10-14(2)13-19)22-23(7,8)18(4,5)6/h10,12-13,16H,9,11H2,1-8H3/b14-10+,15-12+/t16-/m0/s1. The molecule has 0 spiro atoms. The minimum atomic E-state index is -1.99. The van der Waals surface area contributed by atoms with Gasteiger partial charge in [0.1, 0.15) is 6.29 Å². The van der Waals surface area contributed by atoms with Crippen molar-refractivity contribution in [1.82, 2.24) is 0 Å². The predicted molar refractivity (Wildman–Crippen MR) is 96.9 cm³/mol. The molecule has 0 bridgehead atoms. The highest BCUT2D eigenvalue weighted by atomic mass is 28.4. The summed E-state index contributed by atoms with van der Waals surface area (Å²) < 4.78 is 11.4. The van der Waals surface area contributed by atoms with Crippen molar-refractivity contribution in [1.29, 1.82) is 0 Å². The van der Waals surface area contributed by atoms with Crippen LogP contribution in [0.2, 0.25) is 18.1 Å². The average Bonchev–Trinajstić information content (AvgIpc) is 2.41. The van der Waals surface area contributed by atoms with Gasteiger partial charge in [-0.1, -0.05) is 26.8 Å². The van der Waals surface area contributed by atoms with Crippen molar-refractivity contribution in [3.8, 4) is 0 Å². The number of hydrogen-bond acceptors (Lipinski definition) is 4.